The quantitative estimate of drug-likeness (QED) is 0.752. The molecule has 3 nitrogen and oxygen atoms in total. The Hall–Kier alpha value is -0.770. The van der Waals surface area contributed by atoms with Crippen LogP contribution in [0.4, 0.5) is 5.82 Å². The van der Waals surface area contributed by atoms with Crippen LogP contribution in [0.3, 0.4) is 0 Å². The third-order valence-corrected chi connectivity index (χ3v) is 2.44. The highest BCUT2D eigenvalue weighted by Gasteiger charge is 2.00. The second kappa shape index (κ2) is 5.07. The summed E-state index contributed by atoms with van der Waals surface area (Å²) in [6.45, 7) is 4.27. The summed E-state index contributed by atoms with van der Waals surface area (Å²) in [4.78, 5) is 8.47. The van der Waals surface area contributed by atoms with E-state index in [4.69, 9.17) is 0 Å². The minimum Gasteiger partial charge on any atom is -0.366 e. The van der Waals surface area contributed by atoms with Crippen molar-refractivity contribution in [2.24, 2.45) is 0 Å². The summed E-state index contributed by atoms with van der Waals surface area (Å²) < 4.78 is 0. The lowest BCUT2D eigenvalue weighted by Crippen LogP contribution is -2.14. The van der Waals surface area contributed by atoms with E-state index in [0.717, 1.165) is 17.3 Å². The van der Waals surface area contributed by atoms with Crippen LogP contribution in [-0.4, -0.2) is 22.3 Å². The van der Waals surface area contributed by atoms with Crippen LogP contribution in [0.15, 0.2) is 17.4 Å². The molecule has 1 atom stereocenters. The Morgan fingerprint density at radius 1 is 1.54 bits per heavy atom. The molecule has 72 valence electrons. The van der Waals surface area contributed by atoms with Gasteiger partial charge in [-0.15, -0.1) is 11.8 Å². The first-order valence-electron chi connectivity index (χ1n) is 4.38. The minimum atomic E-state index is 0.450. The molecule has 1 N–H and O–H groups in total. The van der Waals surface area contributed by atoms with Crippen LogP contribution in [0.25, 0.3) is 0 Å². The maximum atomic E-state index is 4.37. The zero-order valence-corrected chi connectivity index (χ0v) is 9.06. The van der Waals surface area contributed by atoms with Gasteiger partial charge >= 0.3 is 0 Å². The van der Waals surface area contributed by atoms with Crippen LogP contribution in [0.5, 0.6) is 0 Å². The molecule has 0 spiro atoms. The SMILES string of the molecule is CCC(C)Nc1cncc(SC)n1. The topological polar surface area (TPSA) is 37.8 Å². The fourth-order valence-electron chi connectivity index (χ4n) is 0.870. The molecular weight excluding hydrogens is 182 g/mol. The van der Waals surface area contributed by atoms with Crippen molar-refractivity contribution in [3.63, 3.8) is 0 Å². The van der Waals surface area contributed by atoms with Crippen LogP contribution in [0.2, 0.25) is 0 Å². The Kier molecular flexibility index (Phi) is 4.02. The van der Waals surface area contributed by atoms with E-state index in [0.29, 0.717) is 6.04 Å². The van der Waals surface area contributed by atoms with Crippen molar-refractivity contribution >= 4 is 17.6 Å². The van der Waals surface area contributed by atoms with E-state index in [1.54, 1.807) is 24.2 Å². The molecule has 0 aliphatic heterocycles. The molecular formula is C9H15N3S. The Labute approximate surface area is 83.4 Å². The average molecular weight is 197 g/mol. The molecule has 1 aromatic rings. The van der Waals surface area contributed by atoms with Gasteiger partial charge in [0.05, 0.1) is 12.4 Å². The molecule has 0 aromatic carbocycles. The molecule has 0 bridgehead atoms. The lowest BCUT2D eigenvalue weighted by Gasteiger charge is -2.11. The second-order valence-electron chi connectivity index (χ2n) is 2.90. The van der Waals surface area contributed by atoms with Gasteiger partial charge in [-0.3, -0.25) is 4.98 Å². The van der Waals surface area contributed by atoms with Crippen LogP contribution in [-0.2, 0) is 0 Å². The van der Waals surface area contributed by atoms with Gasteiger partial charge in [-0.2, -0.15) is 0 Å². The summed E-state index contributed by atoms with van der Waals surface area (Å²) in [5, 5.41) is 4.23. The molecule has 0 aliphatic carbocycles. The highest BCUT2D eigenvalue weighted by molar-refractivity contribution is 7.98. The van der Waals surface area contributed by atoms with Gasteiger partial charge in [-0.25, -0.2) is 4.98 Å². The normalized spacial score (nSPS) is 12.5. The van der Waals surface area contributed by atoms with E-state index in [9.17, 15) is 0 Å². The number of nitrogens with zero attached hydrogens (tertiary/aromatic N) is 2. The van der Waals surface area contributed by atoms with Crippen molar-refractivity contribution in [1.82, 2.24) is 9.97 Å². The first-order valence-corrected chi connectivity index (χ1v) is 5.61. The predicted molar refractivity (Wildman–Crippen MR) is 57.2 cm³/mol. The molecule has 0 saturated carbocycles. The molecule has 1 unspecified atom stereocenters. The van der Waals surface area contributed by atoms with E-state index >= 15 is 0 Å². The van der Waals surface area contributed by atoms with Gasteiger partial charge in [0.1, 0.15) is 10.8 Å². The highest BCUT2D eigenvalue weighted by Crippen LogP contribution is 2.12. The number of thioether (sulfide) groups is 1. The van der Waals surface area contributed by atoms with Gasteiger partial charge in [0, 0.05) is 6.04 Å². The van der Waals surface area contributed by atoms with Crippen LogP contribution in [0.1, 0.15) is 20.3 Å². The molecule has 4 heteroatoms. The fourth-order valence-corrected chi connectivity index (χ4v) is 1.23. The Bertz CT molecular complexity index is 265. The number of rotatable bonds is 4. The maximum Gasteiger partial charge on any atom is 0.146 e. The van der Waals surface area contributed by atoms with Crippen LogP contribution >= 0.6 is 11.8 Å². The Morgan fingerprint density at radius 3 is 2.92 bits per heavy atom. The molecule has 0 saturated heterocycles. The van der Waals surface area contributed by atoms with E-state index in [2.05, 4.69) is 29.1 Å². The summed E-state index contributed by atoms with van der Waals surface area (Å²) >= 11 is 1.60. The third-order valence-electron chi connectivity index (χ3n) is 1.83. The van der Waals surface area contributed by atoms with Gasteiger partial charge in [0.15, 0.2) is 0 Å². The fraction of sp³-hybridized carbons (Fsp3) is 0.556. The smallest absolute Gasteiger partial charge is 0.146 e. The molecule has 0 fully saturated rings. The lowest BCUT2D eigenvalue weighted by molar-refractivity contribution is 0.755. The van der Waals surface area contributed by atoms with Gasteiger partial charge in [0.25, 0.3) is 0 Å². The zero-order chi connectivity index (χ0) is 9.68. The standard InChI is InChI=1S/C9H15N3S/c1-4-7(2)11-8-5-10-6-9(12-8)13-3/h5-7H,4H2,1-3H3,(H,11,12). The van der Waals surface area contributed by atoms with Gasteiger partial charge < -0.3 is 5.32 Å². The van der Waals surface area contributed by atoms with E-state index in [1.807, 2.05) is 6.26 Å². The summed E-state index contributed by atoms with van der Waals surface area (Å²) in [5.74, 6) is 0.862. The van der Waals surface area contributed by atoms with Gasteiger partial charge in [-0.1, -0.05) is 6.92 Å². The largest absolute Gasteiger partial charge is 0.366 e. The summed E-state index contributed by atoms with van der Waals surface area (Å²) in [5.41, 5.74) is 0. The molecule has 0 aliphatic rings. The highest BCUT2D eigenvalue weighted by atomic mass is 32.2. The van der Waals surface area contributed by atoms with E-state index in [1.165, 1.54) is 0 Å². The number of hydrogen-bond donors (Lipinski definition) is 1. The van der Waals surface area contributed by atoms with Crippen LogP contribution in [0, 0.1) is 0 Å². The third kappa shape index (κ3) is 3.22. The van der Waals surface area contributed by atoms with Crippen molar-refractivity contribution < 1.29 is 0 Å². The molecule has 0 radical (unpaired) electrons. The van der Waals surface area contributed by atoms with Crippen molar-refractivity contribution in [2.75, 3.05) is 11.6 Å². The first-order chi connectivity index (χ1) is 6.26. The molecule has 1 heterocycles. The number of anilines is 1. The summed E-state index contributed by atoms with van der Waals surface area (Å²) in [6, 6.07) is 0.450. The maximum absolute atomic E-state index is 4.37. The molecule has 1 aromatic heterocycles. The zero-order valence-electron chi connectivity index (χ0n) is 8.24. The molecule has 1 rings (SSSR count). The Morgan fingerprint density at radius 2 is 2.31 bits per heavy atom. The average Bonchev–Trinajstić information content (AvgIpc) is 2.18. The van der Waals surface area contributed by atoms with Crippen molar-refractivity contribution in [1.29, 1.82) is 0 Å². The second-order valence-corrected chi connectivity index (χ2v) is 3.73. The summed E-state index contributed by atoms with van der Waals surface area (Å²) in [6.07, 6.45) is 6.61. The van der Waals surface area contributed by atoms with E-state index < -0.39 is 0 Å². The van der Waals surface area contributed by atoms with Crippen molar-refractivity contribution in [3.8, 4) is 0 Å². The molecule has 0 amide bonds. The van der Waals surface area contributed by atoms with Crippen LogP contribution < -0.4 is 5.32 Å². The lowest BCUT2D eigenvalue weighted by atomic mass is 10.3. The Balaban J connectivity index is 2.66. The number of nitrogens with one attached hydrogen (secondary N) is 1. The number of aromatic nitrogens is 2. The minimum absolute atomic E-state index is 0.450. The van der Waals surface area contributed by atoms with Crippen molar-refractivity contribution in [2.45, 2.75) is 31.3 Å². The summed E-state index contributed by atoms with van der Waals surface area (Å²) in [7, 11) is 0. The van der Waals surface area contributed by atoms with Gasteiger partial charge in [-0.05, 0) is 19.6 Å². The van der Waals surface area contributed by atoms with E-state index in [-0.39, 0.29) is 0 Å². The first kappa shape index (κ1) is 10.3. The predicted octanol–water partition coefficient (Wildman–Crippen LogP) is 2.41. The van der Waals surface area contributed by atoms with Crippen molar-refractivity contribution in [3.05, 3.63) is 12.4 Å². The van der Waals surface area contributed by atoms with Gasteiger partial charge in [0.2, 0.25) is 0 Å². The molecule has 13 heavy (non-hydrogen) atoms. The number of hydrogen-bond acceptors (Lipinski definition) is 4. The monoisotopic (exact) mass is 197 g/mol.